The van der Waals surface area contributed by atoms with Crippen LogP contribution in [0.4, 0.5) is 5.95 Å². The summed E-state index contributed by atoms with van der Waals surface area (Å²) in [5.41, 5.74) is 0. The van der Waals surface area contributed by atoms with Crippen LogP contribution >= 0.6 is 23.2 Å². The normalized spacial score (nSPS) is 12.7. The Balaban J connectivity index is 3.33. The number of nitrogens with zero attached hydrogens (tertiary/aromatic N) is 4. The number of aromatic nitrogens is 3. The Kier molecular flexibility index (Phi) is 5.23. The van der Waals surface area contributed by atoms with Crippen molar-refractivity contribution in [3.63, 3.8) is 0 Å². The molecular weight excluding hydrogens is 472 g/mol. The predicted octanol–water partition coefficient (Wildman–Crippen LogP) is 3.65. The Morgan fingerprint density at radius 1 is 0.765 bits per heavy atom. The molecule has 1 rings (SSSR count). The number of hydrogen-bond acceptors (Lipinski definition) is 4. The Hall–Kier alpha value is 0.987. The molecule has 0 saturated heterocycles. The third kappa shape index (κ3) is 4.54. The second kappa shape index (κ2) is 5.54. The van der Waals surface area contributed by atoms with Crippen molar-refractivity contribution in [1.29, 1.82) is 0 Å². The molecule has 0 spiro atoms. The molecule has 0 N–H and O–H groups in total. The minimum atomic E-state index is -2.32. The van der Waals surface area contributed by atoms with Gasteiger partial charge in [-0.2, -0.15) is 0 Å². The molecular formula is C9H18Cl2N4Sn2. The van der Waals surface area contributed by atoms with Gasteiger partial charge in [0.05, 0.1) is 0 Å². The van der Waals surface area contributed by atoms with Crippen LogP contribution in [0.5, 0.6) is 0 Å². The van der Waals surface area contributed by atoms with E-state index < -0.39 is 37.3 Å². The summed E-state index contributed by atoms with van der Waals surface area (Å²) >= 11 is 7.10. The van der Waals surface area contributed by atoms with Crippen molar-refractivity contribution in [3.05, 3.63) is 10.6 Å². The molecule has 0 aliphatic carbocycles. The Morgan fingerprint density at radius 2 is 1.12 bits per heavy atom. The monoisotopic (exact) mass is 492 g/mol. The van der Waals surface area contributed by atoms with Gasteiger partial charge in [0.15, 0.2) is 0 Å². The van der Waals surface area contributed by atoms with Crippen molar-refractivity contribution in [3.8, 4) is 0 Å². The molecule has 0 bridgehead atoms. The third-order valence-electron chi connectivity index (χ3n) is 2.11. The van der Waals surface area contributed by atoms with Gasteiger partial charge in [-0.15, -0.1) is 0 Å². The molecule has 1 heterocycles. The summed E-state index contributed by atoms with van der Waals surface area (Å²) in [6.07, 6.45) is 0. The van der Waals surface area contributed by atoms with E-state index in [0.717, 1.165) is 0 Å². The molecule has 0 aliphatic rings. The first kappa shape index (κ1) is 16.0. The Bertz CT molecular complexity index is 380. The zero-order valence-electron chi connectivity index (χ0n) is 11.0. The Labute approximate surface area is 122 Å². The first-order chi connectivity index (χ1) is 7.51. The van der Waals surface area contributed by atoms with Crippen LogP contribution in [0.3, 0.4) is 0 Å². The maximum absolute atomic E-state index is 5.87. The van der Waals surface area contributed by atoms with Crippen LogP contribution < -0.4 is 1.34 Å². The summed E-state index contributed by atoms with van der Waals surface area (Å²) in [5.74, 6) is 0.682. The Morgan fingerprint density at radius 3 is 1.41 bits per heavy atom. The van der Waals surface area contributed by atoms with Gasteiger partial charge in [0.25, 0.3) is 0 Å². The van der Waals surface area contributed by atoms with Crippen molar-refractivity contribution in [2.45, 2.75) is 29.6 Å². The maximum atomic E-state index is 5.87. The minimum absolute atomic E-state index is 0.177. The molecule has 0 saturated carbocycles. The van der Waals surface area contributed by atoms with Crippen LogP contribution in [0, 0.1) is 0 Å². The fourth-order valence-electron chi connectivity index (χ4n) is 2.02. The van der Waals surface area contributed by atoms with Crippen molar-refractivity contribution in [2.75, 3.05) is 1.34 Å². The van der Waals surface area contributed by atoms with Gasteiger partial charge in [-0.3, -0.25) is 0 Å². The van der Waals surface area contributed by atoms with E-state index in [-0.39, 0.29) is 10.6 Å². The van der Waals surface area contributed by atoms with Gasteiger partial charge in [0, 0.05) is 0 Å². The molecule has 1 aromatic rings. The van der Waals surface area contributed by atoms with Crippen LogP contribution in [-0.4, -0.2) is 52.3 Å². The van der Waals surface area contributed by atoms with Gasteiger partial charge >= 0.3 is 123 Å². The van der Waals surface area contributed by atoms with Crippen LogP contribution in [0.15, 0.2) is 0 Å². The van der Waals surface area contributed by atoms with Gasteiger partial charge in [-0.05, 0) is 0 Å². The van der Waals surface area contributed by atoms with E-state index >= 15 is 0 Å². The molecule has 0 aromatic carbocycles. The van der Waals surface area contributed by atoms with E-state index in [1.54, 1.807) is 0 Å². The summed E-state index contributed by atoms with van der Waals surface area (Å²) in [4.78, 5) is 26.4. The molecule has 96 valence electrons. The SMILES string of the molecule is [CH3][Sn]([CH3])([CH3])[N](c1nc(Cl)nc(Cl)n1)[Sn]([CH3])([CH3])[CH3]. The zero-order valence-corrected chi connectivity index (χ0v) is 18.3. The van der Waals surface area contributed by atoms with E-state index in [9.17, 15) is 0 Å². The van der Waals surface area contributed by atoms with Crippen molar-refractivity contribution in [1.82, 2.24) is 15.0 Å². The van der Waals surface area contributed by atoms with E-state index in [2.05, 4.69) is 45.9 Å². The van der Waals surface area contributed by atoms with Crippen LogP contribution in [0.2, 0.25) is 40.2 Å². The van der Waals surface area contributed by atoms with Crippen molar-refractivity contribution >= 4 is 66.5 Å². The number of hydrogen-bond donors (Lipinski definition) is 0. The van der Waals surface area contributed by atoms with Gasteiger partial charge < -0.3 is 0 Å². The molecule has 0 unspecified atom stereocenters. The van der Waals surface area contributed by atoms with Crippen molar-refractivity contribution in [2.24, 2.45) is 0 Å². The molecule has 0 radical (unpaired) electrons. The second-order valence-corrected chi connectivity index (χ2v) is 37.5. The fourth-order valence-corrected chi connectivity index (χ4v) is 50.6. The molecule has 0 atom stereocenters. The third-order valence-corrected chi connectivity index (χ3v) is 36.9. The van der Waals surface area contributed by atoms with E-state index in [0.29, 0.717) is 5.95 Å². The zero-order chi connectivity index (χ0) is 13.4. The summed E-state index contributed by atoms with van der Waals surface area (Å²) in [6.45, 7) is 0. The van der Waals surface area contributed by atoms with E-state index in [1.165, 1.54) is 0 Å². The van der Waals surface area contributed by atoms with Gasteiger partial charge in [0.2, 0.25) is 0 Å². The first-order valence-electron chi connectivity index (χ1n) is 5.39. The summed E-state index contributed by atoms with van der Waals surface area (Å²) in [5, 5.41) is 0.354. The van der Waals surface area contributed by atoms with E-state index in [1.807, 2.05) is 0 Å². The quantitative estimate of drug-likeness (QED) is 0.607. The van der Waals surface area contributed by atoms with Crippen LogP contribution in [0.25, 0.3) is 0 Å². The fraction of sp³-hybridized carbons (Fsp3) is 0.667. The first-order valence-corrected chi connectivity index (χ1v) is 25.8. The second-order valence-electron chi connectivity index (χ2n) is 5.85. The molecule has 0 fully saturated rings. The average molecular weight is 491 g/mol. The molecule has 0 amide bonds. The molecule has 0 aliphatic heterocycles. The predicted molar refractivity (Wildman–Crippen MR) is 79.0 cm³/mol. The number of halogens is 2. The van der Waals surface area contributed by atoms with Gasteiger partial charge in [-0.25, -0.2) is 0 Å². The summed E-state index contributed by atoms with van der Waals surface area (Å²) in [6, 6.07) is 0. The topological polar surface area (TPSA) is 41.9 Å². The number of rotatable bonds is 3. The summed E-state index contributed by atoms with van der Waals surface area (Å²) in [7, 11) is 0. The molecule has 17 heavy (non-hydrogen) atoms. The average Bonchev–Trinajstić information content (AvgIpc) is 1.93. The van der Waals surface area contributed by atoms with Crippen LogP contribution in [-0.2, 0) is 0 Å². The summed E-state index contributed by atoms with van der Waals surface area (Å²) < 4.78 is 2.49. The standard InChI is InChI=1S/C3Cl2N4.6CH3.2Sn/c4-1-7-2(5)9-3(6)8-1;;;;;;;;/h;6*1H3;;. The molecule has 1 aromatic heterocycles. The molecule has 4 nitrogen and oxygen atoms in total. The van der Waals surface area contributed by atoms with Gasteiger partial charge in [0.1, 0.15) is 0 Å². The van der Waals surface area contributed by atoms with Gasteiger partial charge in [-0.1, -0.05) is 0 Å². The van der Waals surface area contributed by atoms with Crippen LogP contribution in [0.1, 0.15) is 0 Å². The number of anilines is 1. The van der Waals surface area contributed by atoms with Crippen molar-refractivity contribution < 1.29 is 0 Å². The molecule has 8 heteroatoms. The van der Waals surface area contributed by atoms with E-state index in [4.69, 9.17) is 23.2 Å².